The first-order chi connectivity index (χ1) is 7.62. The Labute approximate surface area is 101 Å². The standard InChI is InChI=1S/C14H29NO/c1-4-6-7-8-9-10-14(3,5-2)15-11-13(16)12-15/h13,16H,4-12H2,1-3H3. The minimum atomic E-state index is -0.0639. The molecule has 1 saturated heterocycles. The third kappa shape index (κ3) is 3.74. The monoisotopic (exact) mass is 227 g/mol. The van der Waals surface area contributed by atoms with Crippen LogP contribution in [0.15, 0.2) is 0 Å². The molecule has 1 aliphatic heterocycles. The van der Waals surface area contributed by atoms with Crippen LogP contribution in [0.4, 0.5) is 0 Å². The van der Waals surface area contributed by atoms with Gasteiger partial charge in [-0.15, -0.1) is 0 Å². The van der Waals surface area contributed by atoms with Gasteiger partial charge in [-0.05, 0) is 19.8 Å². The molecule has 1 heterocycles. The smallest absolute Gasteiger partial charge is 0.0794 e. The van der Waals surface area contributed by atoms with Crippen LogP contribution in [0.5, 0.6) is 0 Å². The summed E-state index contributed by atoms with van der Waals surface area (Å²) < 4.78 is 0. The van der Waals surface area contributed by atoms with Crippen molar-refractivity contribution in [2.75, 3.05) is 13.1 Å². The maximum Gasteiger partial charge on any atom is 0.0794 e. The zero-order chi connectivity index (χ0) is 12.0. The fourth-order valence-corrected chi connectivity index (χ4v) is 2.56. The molecule has 1 fully saturated rings. The van der Waals surface area contributed by atoms with Crippen LogP contribution in [0.1, 0.15) is 65.7 Å². The van der Waals surface area contributed by atoms with E-state index < -0.39 is 0 Å². The molecule has 0 amide bonds. The zero-order valence-electron chi connectivity index (χ0n) is 11.3. The van der Waals surface area contributed by atoms with E-state index in [1.165, 1.54) is 44.9 Å². The van der Waals surface area contributed by atoms with Crippen molar-refractivity contribution in [2.24, 2.45) is 0 Å². The van der Waals surface area contributed by atoms with Gasteiger partial charge in [-0.25, -0.2) is 0 Å². The molecule has 1 aliphatic rings. The number of nitrogens with zero attached hydrogens (tertiary/aromatic N) is 1. The van der Waals surface area contributed by atoms with Crippen LogP contribution in [0, 0.1) is 0 Å². The Morgan fingerprint density at radius 3 is 2.25 bits per heavy atom. The molecule has 2 nitrogen and oxygen atoms in total. The number of aliphatic hydroxyl groups is 1. The molecule has 0 saturated carbocycles. The van der Waals surface area contributed by atoms with E-state index >= 15 is 0 Å². The molecule has 0 spiro atoms. The Bertz CT molecular complexity index is 189. The lowest BCUT2D eigenvalue weighted by Gasteiger charge is -2.49. The summed E-state index contributed by atoms with van der Waals surface area (Å²) in [5, 5.41) is 9.38. The first-order valence-corrected chi connectivity index (χ1v) is 7.05. The van der Waals surface area contributed by atoms with Gasteiger partial charge in [0.15, 0.2) is 0 Å². The topological polar surface area (TPSA) is 23.5 Å². The minimum Gasteiger partial charge on any atom is -0.390 e. The van der Waals surface area contributed by atoms with Crippen molar-refractivity contribution in [2.45, 2.75) is 77.4 Å². The van der Waals surface area contributed by atoms with E-state index in [0.717, 1.165) is 13.1 Å². The molecular formula is C14H29NO. The molecule has 1 atom stereocenters. The summed E-state index contributed by atoms with van der Waals surface area (Å²) >= 11 is 0. The predicted molar refractivity (Wildman–Crippen MR) is 69.7 cm³/mol. The van der Waals surface area contributed by atoms with Crippen LogP contribution in [0.3, 0.4) is 0 Å². The van der Waals surface area contributed by atoms with Crippen molar-refractivity contribution < 1.29 is 5.11 Å². The first-order valence-electron chi connectivity index (χ1n) is 7.05. The van der Waals surface area contributed by atoms with Crippen molar-refractivity contribution in [1.29, 1.82) is 0 Å². The lowest BCUT2D eigenvalue weighted by molar-refractivity contribution is -0.0666. The molecule has 96 valence electrons. The third-order valence-electron chi connectivity index (χ3n) is 4.21. The van der Waals surface area contributed by atoms with Gasteiger partial charge in [-0.3, -0.25) is 4.90 Å². The van der Waals surface area contributed by atoms with Crippen molar-refractivity contribution in [3.05, 3.63) is 0 Å². The highest BCUT2D eigenvalue weighted by Crippen LogP contribution is 2.30. The van der Waals surface area contributed by atoms with Gasteiger partial charge >= 0.3 is 0 Å². The summed E-state index contributed by atoms with van der Waals surface area (Å²) in [7, 11) is 0. The van der Waals surface area contributed by atoms with E-state index in [1.807, 2.05) is 0 Å². The second-order valence-corrected chi connectivity index (χ2v) is 5.57. The van der Waals surface area contributed by atoms with E-state index in [9.17, 15) is 5.11 Å². The third-order valence-corrected chi connectivity index (χ3v) is 4.21. The second kappa shape index (κ2) is 6.61. The van der Waals surface area contributed by atoms with Gasteiger partial charge in [0, 0.05) is 18.6 Å². The summed E-state index contributed by atoms with van der Waals surface area (Å²) in [6, 6.07) is 0. The Morgan fingerprint density at radius 1 is 1.12 bits per heavy atom. The van der Waals surface area contributed by atoms with Gasteiger partial charge in [0.2, 0.25) is 0 Å². The van der Waals surface area contributed by atoms with Crippen LogP contribution < -0.4 is 0 Å². The normalized spacial score (nSPS) is 21.8. The highest BCUT2D eigenvalue weighted by atomic mass is 16.3. The van der Waals surface area contributed by atoms with Crippen molar-refractivity contribution in [3.8, 4) is 0 Å². The number of aliphatic hydroxyl groups excluding tert-OH is 1. The van der Waals surface area contributed by atoms with Gasteiger partial charge in [0.1, 0.15) is 0 Å². The molecule has 0 aromatic rings. The number of hydrogen-bond donors (Lipinski definition) is 1. The first kappa shape index (κ1) is 14.0. The summed E-state index contributed by atoms with van der Waals surface area (Å²) in [4.78, 5) is 2.46. The highest BCUT2D eigenvalue weighted by Gasteiger charge is 2.37. The largest absolute Gasteiger partial charge is 0.390 e. The Kier molecular flexibility index (Phi) is 5.77. The van der Waals surface area contributed by atoms with Crippen molar-refractivity contribution >= 4 is 0 Å². The maximum atomic E-state index is 9.38. The molecule has 0 radical (unpaired) electrons. The van der Waals surface area contributed by atoms with E-state index in [0.29, 0.717) is 5.54 Å². The average molecular weight is 227 g/mol. The summed E-state index contributed by atoms with van der Waals surface area (Å²) in [5.41, 5.74) is 0.339. The molecular weight excluding hydrogens is 198 g/mol. The lowest BCUT2D eigenvalue weighted by atomic mass is 9.86. The molecule has 0 aliphatic carbocycles. The highest BCUT2D eigenvalue weighted by molar-refractivity contribution is 4.93. The fraction of sp³-hybridized carbons (Fsp3) is 1.00. The van der Waals surface area contributed by atoms with Gasteiger partial charge in [0.25, 0.3) is 0 Å². The minimum absolute atomic E-state index is 0.0639. The van der Waals surface area contributed by atoms with E-state index in [4.69, 9.17) is 0 Å². The molecule has 1 unspecified atom stereocenters. The van der Waals surface area contributed by atoms with E-state index in [1.54, 1.807) is 0 Å². The molecule has 0 aromatic carbocycles. The van der Waals surface area contributed by atoms with E-state index in [2.05, 4.69) is 25.7 Å². The van der Waals surface area contributed by atoms with Crippen LogP contribution in [0.25, 0.3) is 0 Å². The van der Waals surface area contributed by atoms with Gasteiger partial charge in [-0.1, -0.05) is 46.0 Å². The fourth-order valence-electron chi connectivity index (χ4n) is 2.56. The molecule has 2 heteroatoms. The number of rotatable bonds is 8. The quantitative estimate of drug-likeness (QED) is 0.644. The van der Waals surface area contributed by atoms with Gasteiger partial charge < -0.3 is 5.11 Å². The van der Waals surface area contributed by atoms with Crippen molar-refractivity contribution in [3.63, 3.8) is 0 Å². The van der Waals surface area contributed by atoms with Crippen LogP contribution in [-0.2, 0) is 0 Å². The maximum absolute atomic E-state index is 9.38. The number of unbranched alkanes of at least 4 members (excludes halogenated alkanes) is 4. The summed E-state index contributed by atoms with van der Waals surface area (Å²) in [6.45, 7) is 8.67. The van der Waals surface area contributed by atoms with E-state index in [-0.39, 0.29) is 6.10 Å². The SMILES string of the molecule is CCCCCCCC(C)(CC)N1CC(O)C1. The van der Waals surface area contributed by atoms with Gasteiger partial charge in [0.05, 0.1) is 6.10 Å². The summed E-state index contributed by atoms with van der Waals surface area (Å²) in [6.07, 6.45) is 9.24. The Morgan fingerprint density at radius 2 is 1.75 bits per heavy atom. The molecule has 0 aromatic heterocycles. The average Bonchev–Trinajstić information content (AvgIpc) is 2.24. The van der Waals surface area contributed by atoms with Crippen LogP contribution in [0.2, 0.25) is 0 Å². The predicted octanol–water partition coefficient (Wildman–Crippen LogP) is 3.19. The Balaban J connectivity index is 2.19. The second-order valence-electron chi connectivity index (χ2n) is 5.57. The molecule has 0 bridgehead atoms. The van der Waals surface area contributed by atoms with Gasteiger partial charge in [-0.2, -0.15) is 0 Å². The number of β-amino-alcohol motifs (C(OH)–C–C–N with tert-alkyl or cyclic N) is 1. The number of likely N-dealkylation sites (tertiary alicyclic amines) is 1. The molecule has 1 rings (SSSR count). The molecule has 1 N–H and O–H groups in total. The number of hydrogen-bond acceptors (Lipinski definition) is 2. The van der Waals surface area contributed by atoms with Crippen LogP contribution in [-0.4, -0.2) is 34.7 Å². The Hall–Kier alpha value is -0.0800. The molecule has 16 heavy (non-hydrogen) atoms. The zero-order valence-corrected chi connectivity index (χ0v) is 11.3. The van der Waals surface area contributed by atoms with Crippen molar-refractivity contribution in [1.82, 2.24) is 4.90 Å². The van der Waals surface area contributed by atoms with Crippen LogP contribution >= 0.6 is 0 Å². The lowest BCUT2D eigenvalue weighted by Crippen LogP contribution is -2.60. The summed E-state index contributed by atoms with van der Waals surface area (Å²) in [5.74, 6) is 0.